The van der Waals surface area contributed by atoms with Gasteiger partial charge < -0.3 is 5.73 Å². The van der Waals surface area contributed by atoms with Crippen molar-refractivity contribution >= 4 is 0 Å². The Hall–Kier alpha value is -0.870. The first-order chi connectivity index (χ1) is 8.24. The molecule has 0 spiro atoms. The second kappa shape index (κ2) is 4.42. The Morgan fingerprint density at radius 3 is 2.65 bits per heavy atom. The number of fused-ring (bicyclic) bond motifs is 2. The predicted molar refractivity (Wildman–Crippen MR) is 67.6 cm³/mol. The van der Waals surface area contributed by atoms with Crippen LogP contribution in [0, 0.1) is 0 Å². The molecule has 2 aliphatic heterocycles. The highest BCUT2D eigenvalue weighted by atomic mass is 15.3. The van der Waals surface area contributed by atoms with Crippen LogP contribution in [0.3, 0.4) is 0 Å². The zero-order valence-electron chi connectivity index (χ0n) is 10.5. The van der Waals surface area contributed by atoms with E-state index in [1.807, 2.05) is 17.9 Å². The molecule has 4 heteroatoms. The summed E-state index contributed by atoms with van der Waals surface area (Å²) in [4.78, 5) is 2.69. The Bertz CT molecular complexity index is 373. The first kappa shape index (κ1) is 11.2. The number of aryl methyl sites for hydroxylation is 1. The number of hydrogen-bond donors (Lipinski definition) is 1. The summed E-state index contributed by atoms with van der Waals surface area (Å²) < 4.78 is 1.98. The summed E-state index contributed by atoms with van der Waals surface area (Å²) in [6, 6.07) is 4.06. The van der Waals surface area contributed by atoms with E-state index in [-0.39, 0.29) is 0 Å². The van der Waals surface area contributed by atoms with Crippen molar-refractivity contribution in [2.45, 2.75) is 50.2 Å². The van der Waals surface area contributed by atoms with Crippen LogP contribution in [0.4, 0.5) is 0 Å². The molecule has 4 nitrogen and oxygen atoms in total. The van der Waals surface area contributed by atoms with Crippen molar-refractivity contribution < 1.29 is 0 Å². The lowest BCUT2D eigenvalue weighted by Gasteiger charge is -2.37. The van der Waals surface area contributed by atoms with Gasteiger partial charge >= 0.3 is 0 Å². The standard InChI is InChI=1S/C13H22N4/c1-16-11(4-6-15-16)5-7-17-12-2-3-13(17)9-10(14)8-12/h4,6,10,12-13H,2-3,5,7-9,14H2,1H3. The van der Waals surface area contributed by atoms with Gasteiger partial charge in [-0.15, -0.1) is 0 Å². The second-order valence-corrected chi connectivity index (χ2v) is 5.55. The van der Waals surface area contributed by atoms with Crippen LogP contribution < -0.4 is 5.73 Å². The number of piperidine rings is 1. The van der Waals surface area contributed by atoms with Gasteiger partial charge in [0.15, 0.2) is 0 Å². The van der Waals surface area contributed by atoms with Gasteiger partial charge in [0.05, 0.1) is 0 Å². The smallest absolute Gasteiger partial charge is 0.0492 e. The van der Waals surface area contributed by atoms with Crippen LogP contribution in [0.1, 0.15) is 31.4 Å². The highest BCUT2D eigenvalue weighted by molar-refractivity contribution is 5.03. The number of hydrogen-bond acceptors (Lipinski definition) is 3. The Morgan fingerprint density at radius 2 is 2.06 bits per heavy atom. The molecule has 94 valence electrons. The molecule has 0 aromatic carbocycles. The predicted octanol–water partition coefficient (Wildman–Crippen LogP) is 0.917. The summed E-state index contributed by atoms with van der Waals surface area (Å²) in [5.41, 5.74) is 7.42. The molecular formula is C13H22N4. The summed E-state index contributed by atoms with van der Waals surface area (Å²) in [6.45, 7) is 1.17. The van der Waals surface area contributed by atoms with Crippen LogP contribution in [-0.4, -0.2) is 39.4 Å². The fourth-order valence-corrected chi connectivity index (χ4v) is 3.57. The van der Waals surface area contributed by atoms with Gasteiger partial charge in [0.25, 0.3) is 0 Å². The highest BCUT2D eigenvalue weighted by Crippen LogP contribution is 2.34. The first-order valence-corrected chi connectivity index (χ1v) is 6.72. The highest BCUT2D eigenvalue weighted by Gasteiger charge is 2.38. The fourth-order valence-electron chi connectivity index (χ4n) is 3.57. The van der Waals surface area contributed by atoms with E-state index in [4.69, 9.17) is 5.73 Å². The average molecular weight is 234 g/mol. The fraction of sp³-hybridized carbons (Fsp3) is 0.769. The minimum Gasteiger partial charge on any atom is -0.328 e. The topological polar surface area (TPSA) is 47.1 Å². The van der Waals surface area contributed by atoms with E-state index in [1.165, 1.54) is 37.9 Å². The molecule has 2 fully saturated rings. The summed E-state index contributed by atoms with van der Waals surface area (Å²) in [5.74, 6) is 0. The van der Waals surface area contributed by atoms with Gasteiger partial charge in [0, 0.05) is 50.0 Å². The van der Waals surface area contributed by atoms with Crippen molar-refractivity contribution in [3.63, 3.8) is 0 Å². The number of nitrogens with two attached hydrogens (primary N) is 1. The summed E-state index contributed by atoms with van der Waals surface area (Å²) in [5, 5.41) is 4.22. The average Bonchev–Trinajstić information content (AvgIpc) is 2.79. The van der Waals surface area contributed by atoms with Crippen molar-refractivity contribution in [2.24, 2.45) is 12.8 Å². The molecule has 2 bridgehead atoms. The van der Waals surface area contributed by atoms with Gasteiger partial charge in [-0.2, -0.15) is 5.10 Å². The SMILES string of the molecule is Cn1nccc1CCN1C2CCC1CC(N)C2. The molecule has 2 atom stereocenters. The van der Waals surface area contributed by atoms with E-state index in [1.54, 1.807) is 0 Å². The number of rotatable bonds is 3. The third kappa shape index (κ3) is 2.11. The van der Waals surface area contributed by atoms with Crippen LogP contribution in [-0.2, 0) is 13.5 Å². The maximum absolute atomic E-state index is 6.09. The maximum Gasteiger partial charge on any atom is 0.0492 e. The normalized spacial score (nSPS) is 33.2. The van der Waals surface area contributed by atoms with Crippen molar-refractivity contribution in [1.82, 2.24) is 14.7 Å². The summed E-state index contributed by atoms with van der Waals surface area (Å²) >= 11 is 0. The second-order valence-electron chi connectivity index (χ2n) is 5.55. The Labute approximate surface area is 103 Å². The van der Waals surface area contributed by atoms with Gasteiger partial charge in [-0.3, -0.25) is 9.58 Å². The zero-order chi connectivity index (χ0) is 11.8. The van der Waals surface area contributed by atoms with E-state index in [0.29, 0.717) is 6.04 Å². The third-order valence-corrected chi connectivity index (χ3v) is 4.47. The van der Waals surface area contributed by atoms with Crippen molar-refractivity contribution in [2.75, 3.05) is 6.54 Å². The van der Waals surface area contributed by atoms with Gasteiger partial charge in [-0.05, 0) is 31.7 Å². The molecule has 1 aromatic rings. The van der Waals surface area contributed by atoms with Crippen molar-refractivity contribution in [1.29, 1.82) is 0 Å². The van der Waals surface area contributed by atoms with Gasteiger partial charge in [0.1, 0.15) is 0 Å². The summed E-state index contributed by atoms with van der Waals surface area (Å²) in [6.07, 6.45) is 8.09. The van der Waals surface area contributed by atoms with Crippen molar-refractivity contribution in [3.8, 4) is 0 Å². The number of aromatic nitrogens is 2. The first-order valence-electron chi connectivity index (χ1n) is 6.72. The van der Waals surface area contributed by atoms with Gasteiger partial charge in [-0.1, -0.05) is 0 Å². The lowest BCUT2D eigenvalue weighted by Crippen LogP contribution is -2.48. The molecule has 2 saturated heterocycles. The Kier molecular flexibility index (Phi) is 2.92. The van der Waals surface area contributed by atoms with Crippen LogP contribution in [0.2, 0.25) is 0 Å². The van der Waals surface area contributed by atoms with Crippen LogP contribution in [0.25, 0.3) is 0 Å². The molecule has 0 amide bonds. The van der Waals surface area contributed by atoms with E-state index >= 15 is 0 Å². The van der Waals surface area contributed by atoms with Gasteiger partial charge in [0.2, 0.25) is 0 Å². The van der Waals surface area contributed by atoms with E-state index < -0.39 is 0 Å². The largest absolute Gasteiger partial charge is 0.328 e. The lowest BCUT2D eigenvalue weighted by molar-refractivity contribution is 0.129. The third-order valence-electron chi connectivity index (χ3n) is 4.47. The zero-order valence-corrected chi connectivity index (χ0v) is 10.5. The van der Waals surface area contributed by atoms with E-state index in [2.05, 4.69) is 16.1 Å². The molecule has 0 radical (unpaired) electrons. The Balaban J connectivity index is 1.61. The summed E-state index contributed by atoms with van der Waals surface area (Å²) in [7, 11) is 2.02. The molecule has 2 unspecified atom stereocenters. The van der Waals surface area contributed by atoms with E-state index in [0.717, 1.165) is 18.5 Å². The minimum absolute atomic E-state index is 0.445. The van der Waals surface area contributed by atoms with Gasteiger partial charge in [-0.25, -0.2) is 0 Å². The van der Waals surface area contributed by atoms with Crippen molar-refractivity contribution in [3.05, 3.63) is 18.0 Å². The molecule has 17 heavy (non-hydrogen) atoms. The molecule has 2 aliphatic rings. The van der Waals surface area contributed by atoms with Crippen LogP contribution >= 0.6 is 0 Å². The van der Waals surface area contributed by atoms with Crippen LogP contribution in [0.5, 0.6) is 0 Å². The minimum atomic E-state index is 0.445. The maximum atomic E-state index is 6.09. The molecule has 0 saturated carbocycles. The molecule has 3 rings (SSSR count). The number of nitrogens with zero attached hydrogens (tertiary/aromatic N) is 3. The lowest BCUT2D eigenvalue weighted by atomic mass is 9.98. The molecule has 2 N–H and O–H groups in total. The Morgan fingerprint density at radius 1 is 1.35 bits per heavy atom. The monoisotopic (exact) mass is 234 g/mol. The molecular weight excluding hydrogens is 212 g/mol. The molecule has 1 aromatic heterocycles. The van der Waals surface area contributed by atoms with Crippen LogP contribution in [0.15, 0.2) is 12.3 Å². The van der Waals surface area contributed by atoms with E-state index in [9.17, 15) is 0 Å². The molecule has 0 aliphatic carbocycles. The molecule has 3 heterocycles. The quantitative estimate of drug-likeness (QED) is 0.846.